The molecule has 12 heteroatoms. The predicted octanol–water partition coefficient (Wildman–Crippen LogP) is 2.93. The first kappa shape index (κ1) is 32.3. The number of methoxy groups -OCH3 is 2. The van der Waals surface area contributed by atoms with Gasteiger partial charge in [-0.25, -0.2) is 9.78 Å². The van der Waals surface area contributed by atoms with Crippen LogP contribution in [-0.2, 0) is 28.5 Å². The van der Waals surface area contributed by atoms with Gasteiger partial charge in [0.05, 0.1) is 13.7 Å². The topological polar surface area (TPSA) is 141 Å². The Morgan fingerprint density at radius 2 is 1.77 bits per heavy atom. The number of nitrogens with one attached hydrogen (secondary N) is 1. The zero-order valence-corrected chi connectivity index (χ0v) is 23.7. The summed E-state index contributed by atoms with van der Waals surface area (Å²) in [5.41, 5.74) is -0.169. The second-order valence-corrected chi connectivity index (χ2v) is 8.69. The molecule has 0 aliphatic rings. The molecule has 4 atom stereocenters. The van der Waals surface area contributed by atoms with Crippen molar-refractivity contribution < 1.29 is 47.5 Å². The highest BCUT2D eigenvalue weighted by Gasteiger charge is 2.34. The molecule has 1 heterocycles. The molecule has 0 spiro atoms. The first-order chi connectivity index (χ1) is 19.2. The van der Waals surface area contributed by atoms with Gasteiger partial charge in [0, 0.05) is 32.9 Å². The molecular weight excluding hydrogens is 524 g/mol. The molecule has 2 aromatic rings. The van der Waals surface area contributed by atoms with E-state index in [0.717, 1.165) is 6.42 Å². The zero-order valence-electron chi connectivity index (χ0n) is 23.7. The van der Waals surface area contributed by atoms with Crippen LogP contribution in [0.4, 0.5) is 0 Å². The smallest absolute Gasteiger partial charge is 0.328 e. The Hall–Kier alpha value is -3.90. The molecule has 1 amide bonds. The lowest BCUT2D eigenvalue weighted by atomic mass is 10.1. The average molecular weight is 563 g/mol. The van der Waals surface area contributed by atoms with Crippen LogP contribution in [0.15, 0.2) is 42.6 Å². The molecule has 0 unspecified atom stereocenters. The number of para-hydroxylation sites is 1. The Morgan fingerprint density at radius 3 is 2.40 bits per heavy atom. The van der Waals surface area contributed by atoms with Gasteiger partial charge in [0.15, 0.2) is 23.3 Å². The quantitative estimate of drug-likeness (QED) is 0.225. The maximum atomic E-state index is 13.0. The average Bonchev–Trinajstić information content (AvgIpc) is 2.94. The Bertz CT molecular complexity index is 1080. The third-order valence-electron chi connectivity index (χ3n) is 5.48. The minimum Gasteiger partial charge on any atom is -0.493 e. The van der Waals surface area contributed by atoms with E-state index < -0.39 is 49.0 Å². The number of esters is 2. The lowest BCUT2D eigenvalue weighted by Gasteiger charge is -2.32. The number of nitrogens with zero attached hydrogens (tertiary/aromatic N) is 1. The number of pyridine rings is 1. The number of aromatic nitrogens is 1. The second kappa shape index (κ2) is 16.9. The number of benzene rings is 1. The van der Waals surface area contributed by atoms with Crippen molar-refractivity contribution in [1.82, 2.24) is 10.3 Å². The van der Waals surface area contributed by atoms with E-state index in [1.54, 1.807) is 26.2 Å². The first-order valence-corrected chi connectivity index (χ1v) is 12.8. The maximum absolute atomic E-state index is 13.0. The van der Waals surface area contributed by atoms with E-state index in [1.807, 2.05) is 25.1 Å². The molecular formula is C28H38N2O10. The molecule has 1 N–H and O–H groups in total. The van der Waals surface area contributed by atoms with Crippen molar-refractivity contribution in [2.24, 2.45) is 0 Å². The Labute approximate surface area is 234 Å². The van der Waals surface area contributed by atoms with Gasteiger partial charge in [-0.15, -0.1) is 0 Å². The van der Waals surface area contributed by atoms with Gasteiger partial charge in [0.25, 0.3) is 5.91 Å². The van der Waals surface area contributed by atoms with Gasteiger partial charge in [0.2, 0.25) is 6.79 Å². The largest absolute Gasteiger partial charge is 0.493 e. The number of hydrogen-bond acceptors (Lipinski definition) is 11. The molecule has 0 saturated carbocycles. The molecule has 12 nitrogen and oxygen atoms in total. The van der Waals surface area contributed by atoms with Crippen LogP contribution >= 0.6 is 0 Å². The summed E-state index contributed by atoms with van der Waals surface area (Å²) in [7, 11) is 2.93. The van der Waals surface area contributed by atoms with Crippen LogP contribution in [0.1, 0.15) is 44.6 Å². The van der Waals surface area contributed by atoms with E-state index in [2.05, 4.69) is 10.3 Å². The summed E-state index contributed by atoms with van der Waals surface area (Å²) in [6.07, 6.45) is 0.106. The number of carbonyl (C=O) groups is 3. The fraction of sp³-hybridized carbons (Fsp3) is 0.500. The third kappa shape index (κ3) is 10.0. The minimum atomic E-state index is -1.07. The van der Waals surface area contributed by atoms with Crippen molar-refractivity contribution >= 4 is 17.8 Å². The Balaban J connectivity index is 2.15. The van der Waals surface area contributed by atoms with Gasteiger partial charge in [-0.2, -0.15) is 0 Å². The van der Waals surface area contributed by atoms with Crippen LogP contribution in [0.2, 0.25) is 0 Å². The van der Waals surface area contributed by atoms with Gasteiger partial charge < -0.3 is 38.5 Å². The van der Waals surface area contributed by atoms with Gasteiger partial charge in [-0.3, -0.25) is 9.59 Å². The van der Waals surface area contributed by atoms with Crippen molar-refractivity contribution in [2.45, 2.75) is 58.5 Å². The molecule has 2 rings (SSSR count). The summed E-state index contributed by atoms with van der Waals surface area (Å²) in [5, 5.41) is 2.55. The van der Waals surface area contributed by atoms with Crippen LogP contribution in [0.25, 0.3) is 0 Å². The number of amides is 1. The lowest BCUT2D eigenvalue weighted by Crippen LogP contribution is -2.49. The minimum absolute atomic E-state index is 0.0514. The van der Waals surface area contributed by atoms with Crippen molar-refractivity contribution in [2.75, 3.05) is 34.2 Å². The fourth-order valence-electron chi connectivity index (χ4n) is 3.54. The van der Waals surface area contributed by atoms with E-state index in [9.17, 15) is 14.4 Å². The molecule has 40 heavy (non-hydrogen) atoms. The normalized spacial score (nSPS) is 13.8. The fourth-order valence-corrected chi connectivity index (χ4v) is 3.54. The summed E-state index contributed by atoms with van der Waals surface area (Å²) in [4.78, 5) is 41.2. The number of ether oxygens (including phenoxy) is 7. The molecule has 0 radical (unpaired) electrons. The molecule has 1 aromatic heterocycles. The van der Waals surface area contributed by atoms with E-state index >= 15 is 0 Å². The highest BCUT2D eigenvalue weighted by molar-refractivity contribution is 5.98. The van der Waals surface area contributed by atoms with E-state index in [4.69, 9.17) is 33.2 Å². The first-order valence-electron chi connectivity index (χ1n) is 12.8. The van der Waals surface area contributed by atoms with Gasteiger partial charge in [-0.05, 0) is 32.4 Å². The van der Waals surface area contributed by atoms with Crippen LogP contribution < -0.4 is 19.5 Å². The van der Waals surface area contributed by atoms with Gasteiger partial charge in [-0.1, -0.05) is 25.1 Å². The molecule has 0 fully saturated rings. The molecule has 0 aliphatic carbocycles. The summed E-state index contributed by atoms with van der Waals surface area (Å²) in [6, 6.07) is 9.50. The molecule has 0 bridgehead atoms. The van der Waals surface area contributed by atoms with Crippen LogP contribution in [0, 0.1) is 0 Å². The summed E-state index contributed by atoms with van der Waals surface area (Å²) < 4.78 is 38.6. The number of carbonyl (C=O) groups excluding carboxylic acids is 3. The van der Waals surface area contributed by atoms with E-state index in [-0.39, 0.29) is 23.8 Å². The SMILES string of the molecule is CCCO[C@@H](COC)[C@@H](Oc1ccccc1)[C@H](C)OC(=O)[C@@H](C)NC(=O)c1nccc(OC)c1OCOC(C)=O. The van der Waals surface area contributed by atoms with Crippen molar-refractivity contribution in [1.29, 1.82) is 0 Å². The zero-order chi connectivity index (χ0) is 29.5. The van der Waals surface area contributed by atoms with Crippen LogP contribution in [-0.4, -0.2) is 81.4 Å². The summed E-state index contributed by atoms with van der Waals surface area (Å²) in [5.74, 6) is -1.29. The van der Waals surface area contributed by atoms with E-state index in [1.165, 1.54) is 33.2 Å². The number of hydrogen-bond donors (Lipinski definition) is 1. The molecule has 0 saturated heterocycles. The standard InChI is InChI=1S/C28H38N2O10/c1-7-15-36-23(16-34-5)25(40-21-11-9-8-10-12-21)19(3)39-28(33)18(2)30-27(32)24-26(38-17-37-20(4)31)22(35-6)13-14-29-24/h8-14,18-19,23,25H,7,15-17H2,1-6H3,(H,30,32)/t18-,19+,23+,25+/m1/s1. The monoisotopic (exact) mass is 562 g/mol. The second-order valence-electron chi connectivity index (χ2n) is 8.69. The lowest BCUT2D eigenvalue weighted by molar-refractivity contribution is -0.162. The van der Waals surface area contributed by atoms with Gasteiger partial charge in [0.1, 0.15) is 24.0 Å². The van der Waals surface area contributed by atoms with Crippen molar-refractivity contribution in [3.8, 4) is 17.2 Å². The predicted molar refractivity (Wildman–Crippen MR) is 143 cm³/mol. The van der Waals surface area contributed by atoms with Crippen LogP contribution in [0.5, 0.6) is 17.2 Å². The number of rotatable bonds is 17. The molecule has 1 aromatic carbocycles. The molecule has 220 valence electrons. The van der Waals surface area contributed by atoms with Crippen LogP contribution in [0.3, 0.4) is 0 Å². The summed E-state index contributed by atoms with van der Waals surface area (Å²) >= 11 is 0. The molecule has 0 aliphatic heterocycles. The highest BCUT2D eigenvalue weighted by atomic mass is 16.7. The van der Waals surface area contributed by atoms with E-state index in [0.29, 0.717) is 12.4 Å². The third-order valence-corrected chi connectivity index (χ3v) is 5.48. The van der Waals surface area contributed by atoms with Crippen molar-refractivity contribution in [3.05, 3.63) is 48.3 Å². The van der Waals surface area contributed by atoms with Crippen molar-refractivity contribution in [3.63, 3.8) is 0 Å². The highest BCUT2D eigenvalue weighted by Crippen LogP contribution is 2.29. The maximum Gasteiger partial charge on any atom is 0.328 e. The Kier molecular flexibility index (Phi) is 13.7. The van der Waals surface area contributed by atoms with Gasteiger partial charge >= 0.3 is 11.9 Å². The summed E-state index contributed by atoms with van der Waals surface area (Å²) in [6.45, 7) is 6.57. The Morgan fingerprint density at radius 1 is 1.05 bits per heavy atom.